The highest BCUT2D eigenvalue weighted by Crippen LogP contribution is 2.12. The van der Waals surface area contributed by atoms with E-state index in [-0.39, 0.29) is 13.2 Å². The Labute approximate surface area is 128 Å². The summed E-state index contributed by atoms with van der Waals surface area (Å²) >= 11 is 0. The molecule has 0 spiro atoms. The van der Waals surface area contributed by atoms with E-state index in [9.17, 15) is 9.59 Å². The Kier molecular flexibility index (Phi) is 7.95. The molecule has 0 N–H and O–H groups in total. The van der Waals surface area contributed by atoms with Crippen molar-refractivity contribution < 1.29 is 33.9 Å². The van der Waals surface area contributed by atoms with E-state index in [4.69, 9.17) is 4.74 Å². The maximum atomic E-state index is 11.7. The second kappa shape index (κ2) is 9.75. The van der Waals surface area contributed by atoms with Crippen molar-refractivity contribution in [1.82, 2.24) is 0 Å². The smallest absolute Gasteiger partial charge is 0.430 e. The first kappa shape index (κ1) is 17.9. The zero-order valence-electron chi connectivity index (χ0n) is 12.9. The number of rotatable bonds is 8. The normalized spacial score (nSPS) is 10.1. The number of ether oxygens (including phenoxy) is 2. The second-order valence-electron chi connectivity index (χ2n) is 4.55. The molecule has 0 aliphatic rings. The molecule has 0 radical (unpaired) electrons. The molecule has 1 aromatic carbocycles. The van der Waals surface area contributed by atoms with Crippen molar-refractivity contribution in [1.29, 1.82) is 0 Å². The Morgan fingerprint density at radius 1 is 1.05 bits per heavy atom. The maximum absolute atomic E-state index is 11.7. The minimum atomic E-state index is -1.12. The second-order valence-corrected chi connectivity index (χ2v) is 4.55. The lowest BCUT2D eigenvalue weighted by Gasteiger charge is -2.06. The zero-order chi connectivity index (χ0) is 16.4. The fourth-order valence-electron chi connectivity index (χ4n) is 1.62. The molecule has 7 heteroatoms. The molecule has 0 aromatic heterocycles. The van der Waals surface area contributed by atoms with E-state index in [0.717, 1.165) is 17.5 Å². The molecule has 0 unspecified atom stereocenters. The standard InChI is InChI=1S/C15H20O7/c1-4-7-18-8-9-19-15(17)21-22-20-14(16)13-6-5-11(2)10-12(13)3/h5-6,10H,4,7-9H2,1-3H3. The Morgan fingerprint density at radius 2 is 1.82 bits per heavy atom. The van der Waals surface area contributed by atoms with Crippen LogP contribution < -0.4 is 0 Å². The lowest BCUT2D eigenvalue weighted by Crippen LogP contribution is -2.15. The van der Waals surface area contributed by atoms with E-state index >= 15 is 0 Å². The molecule has 1 rings (SSSR count). The van der Waals surface area contributed by atoms with Gasteiger partial charge in [0.25, 0.3) is 0 Å². The van der Waals surface area contributed by atoms with Gasteiger partial charge in [0.1, 0.15) is 6.61 Å². The van der Waals surface area contributed by atoms with Gasteiger partial charge in [-0.25, -0.2) is 14.5 Å². The van der Waals surface area contributed by atoms with Crippen LogP contribution >= 0.6 is 0 Å². The Morgan fingerprint density at radius 3 is 2.50 bits per heavy atom. The van der Waals surface area contributed by atoms with Crippen molar-refractivity contribution in [2.24, 2.45) is 0 Å². The average Bonchev–Trinajstić information content (AvgIpc) is 2.46. The number of aryl methyl sites for hydroxylation is 2. The third-order valence-corrected chi connectivity index (χ3v) is 2.61. The molecule has 0 amide bonds. The Hall–Kier alpha value is -2.12. The van der Waals surface area contributed by atoms with Crippen molar-refractivity contribution in [3.8, 4) is 0 Å². The van der Waals surface area contributed by atoms with Crippen molar-refractivity contribution >= 4 is 12.1 Å². The topological polar surface area (TPSA) is 80.3 Å². The lowest BCUT2D eigenvalue weighted by atomic mass is 10.1. The highest BCUT2D eigenvalue weighted by Gasteiger charge is 2.14. The van der Waals surface area contributed by atoms with Gasteiger partial charge in [-0.2, -0.15) is 0 Å². The molecular weight excluding hydrogens is 292 g/mol. The summed E-state index contributed by atoms with van der Waals surface area (Å²) in [4.78, 5) is 31.3. The van der Waals surface area contributed by atoms with E-state index in [1.54, 1.807) is 19.1 Å². The number of carbonyl (C=O) groups is 2. The van der Waals surface area contributed by atoms with Crippen molar-refractivity contribution in [2.45, 2.75) is 27.2 Å². The van der Waals surface area contributed by atoms with Crippen LogP contribution in [0.1, 0.15) is 34.8 Å². The zero-order valence-corrected chi connectivity index (χ0v) is 12.9. The maximum Gasteiger partial charge on any atom is 0.543 e. The van der Waals surface area contributed by atoms with Gasteiger partial charge in [0.05, 0.1) is 17.2 Å². The summed E-state index contributed by atoms with van der Waals surface area (Å²) < 4.78 is 9.71. The molecule has 0 atom stereocenters. The number of hydrogen-bond acceptors (Lipinski definition) is 7. The summed E-state index contributed by atoms with van der Waals surface area (Å²) in [5.41, 5.74) is 2.06. The fourth-order valence-corrected chi connectivity index (χ4v) is 1.62. The summed E-state index contributed by atoms with van der Waals surface area (Å²) in [6.45, 7) is 6.49. The van der Waals surface area contributed by atoms with Crippen molar-refractivity contribution in [2.75, 3.05) is 19.8 Å². The first-order valence-electron chi connectivity index (χ1n) is 6.92. The first-order valence-corrected chi connectivity index (χ1v) is 6.92. The van der Waals surface area contributed by atoms with Gasteiger partial charge in [0, 0.05) is 6.61 Å². The predicted molar refractivity (Wildman–Crippen MR) is 76.0 cm³/mol. The molecule has 0 aliphatic heterocycles. The van der Waals surface area contributed by atoms with Crippen LogP contribution in [0.15, 0.2) is 18.2 Å². The van der Waals surface area contributed by atoms with Crippen LogP contribution in [0.3, 0.4) is 0 Å². The fraction of sp³-hybridized carbons (Fsp3) is 0.467. The third-order valence-electron chi connectivity index (χ3n) is 2.61. The summed E-state index contributed by atoms with van der Waals surface area (Å²) in [7, 11) is 0. The number of hydrogen-bond donors (Lipinski definition) is 0. The van der Waals surface area contributed by atoms with Crippen LogP contribution in [0.4, 0.5) is 4.79 Å². The van der Waals surface area contributed by atoms with Gasteiger partial charge < -0.3 is 9.47 Å². The molecule has 0 heterocycles. The summed E-state index contributed by atoms with van der Waals surface area (Å²) in [6.07, 6.45) is -0.240. The van der Waals surface area contributed by atoms with Crippen LogP contribution in [0.25, 0.3) is 0 Å². The Bertz CT molecular complexity index is 499. The van der Waals surface area contributed by atoms with Gasteiger partial charge in [-0.05, 0) is 31.9 Å². The molecule has 22 heavy (non-hydrogen) atoms. The minimum Gasteiger partial charge on any atom is -0.430 e. The average molecular weight is 312 g/mol. The van der Waals surface area contributed by atoms with E-state index in [2.05, 4.69) is 19.6 Å². The van der Waals surface area contributed by atoms with Crippen LogP contribution in [0.2, 0.25) is 0 Å². The predicted octanol–water partition coefficient (Wildman–Crippen LogP) is 2.89. The van der Waals surface area contributed by atoms with Crippen LogP contribution in [-0.2, 0) is 24.3 Å². The largest absolute Gasteiger partial charge is 0.543 e. The van der Waals surface area contributed by atoms with E-state index in [0.29, 0.717) is 12.2 Å². The molecule has 0 saturated heterocycles. The van der Waals surface area contributed by atoms with E-state index in [1.807, 2.05) is 19.9 Å². The van der Waals surface area contributed by atoms with Crippen molar-refractivity contribution in [3.05, 3.63) is 34.9 Å². The van der Waals surface area contributed by atoms with E-state index < -0.39 is 12.1 Å². The van der Waals surface area contributed by atoms with Gasteiger partial charge in [-0.1, -0.05) is 24.6 Å². The highest BCUT2D eigenvalue weighted by atomic mass is 17.5. The van der Waals surface area contributed by atoms with Crippen LogP contribution in [0, 0.1) is 13.8 Å². The number of benzene rings is 1. The van der Waals surface area contributed by atoms with Gasteiger partial charge in [0.2, 0.25) is 0 Å². The number of carbonyl (C=O) groups excluding carboxylic acids is 2. The van der Waals surface area contributed by atoms with Gasteiger partial charge in [0.15, 0.2) is 0 Å². The summed E-state index contributed by atoms with van der Waals surface area (Å²) in [5, 5.41) is 4.11. The monoisotopic (exact) mass is 312 g/mol. The SMILES string of the molecule is CCCOCCOC(=O)OOOC(=O)c1ccc(C)cc1C. The van der Waals surface area contributed by atoms with Gasteiger partial charge in [-0.3, -0.25) is 4.89 Å². The van der Waals surface area contributed by atoms with Crippen molar-refractivity contribution in [3.63, 3.8) is 0 Å². The van der Waals surface area contributed by atoms with Gasteiger partial charge >= 0.3 is 12.1 Å². The molecule has 7 nitrogen and oxygen atoms in total. The highest BCUT2D eigenvalue weighted by molar-refractivity contribution is 5.90. The third kappa shape index (κ3) is 6.55. The molecule has 0 aliphatic carbocycles. The van der Waals surface area contributed by atoms with E-state index in [1.165, 1.54) is 0 Å². The van der Waals surface area contributed by atoms with Gasteiger partial charge in [-0.15, -0.1) is 0 Å². The molecule has 0 fully saturated rings. The molecule has 0 bridgehead atoms. The molecule has 122 valence electrons. The first-order chi connectivity index (χ1) is 10.5. The lowest BCUT2D eigenvalue weighted by molar-refractivity contribution is -0.452. The summed E-state index contributed by atoms with van der Waals surface area (Å²) in [5.74, 6) is -0.767. The summed E-state index contributed by atoms with van der Waals surface area (Å²) in [6, 6.07) is 5.18. The minimum absolute atomic E-state index is 0.0210. The van der Waals surface area contributed by atoms with Crippen LogP contribution in [0.5, 0.6) is 0 Å². The Balaban J connectivity index is 2.23. The molecular formula is C15H20O7. The molecule has 1 aromatic rings. The molecule has 0 saturated carbocycles. The van der Waals surface area contributed by atoms with Crippen LogP contribution in [-0.4, -0.2) is 31.9 Å². The quantitative estimate of drug-likeness (QED) is 0.316.